The Bertz CT molecular complexity index is 433. The summed E-state index contributed by atoms with van der Waals surface area (Å²) in [6.07, 6.45) is 2.33. The Morgan fingerprint density at radius 1 is 1.37 bits per heavy atom. The van der Waals surface area contributed by atoms with Crippen molar-refractivity contribution < 1.29 is 9.84 Å². The van der Waals surface area contributed by atoms with E-state index in [2.05, 4.69) is 6.07 Å². The highest BCUT2D eigenvalue weighted by Gasteiger charge is 2.15. The van der Waals surface area contributed by atoms with Crippen LogP contribution in [0.25, 0.3) is 0 Å². The summed E-state index contributed by atoms with van der Waals surface area (Å²) in [5.74, 6) is 0.790. The molecule has 104 valence electrons. The number of benzene rings is 1. The van der Waals surface area contributed by atoms with E-state index in [1.807, 2.05) is 38.1 Å². The Morgan fingerprint density at radius 2 is 2.11 bits per heavy atom. The highest BCUT2D eigenvalue weighted by atomic mass is 16.5. The molecule has 1 N–H and O–H groups in total. The molecule has 0 aliphatic carbocycles. The van der Waals surface area contributed by atoms with Crippen LogP contribution < -0.4 is 4.74 Å². The lowest BCUT2D eigenvalue weighted by Gasteiger charge is -2.14. The number of nitriles is 1. The van der Waals surface area contributed by atoms with Gasteiger partial charge in [-0.25, -0.2) is 0 Å². The molecule has 1 unspecified atom stereocenters. The lowest BCUT2D eigenvalue weighted by atomic mass is 9.89. The van der Waals surface area contributed by atoms with Gasteiger partial charge < -0.3 is 9.84 Å². The van der Waals surface area contributed by atoms with Crippen molar-refractivity contribution in [1.29, 1.82) is 5.26 Å². The van der Waals surface area contributed by atoms with Gasteiger partial charge in [-0.1, -0.05) is 12.1 Å². The van der Waals surface area contributed by atoms with Crippen LogP contribution >= 0.6 is 0 Å². The average molecular weight is 261 g/mol. The summed E-state index contributed by atoms with van der Waals surface area (Å²) in [5.41, 5.74) is 0.620. The first-order valence-corrected chi connectivity index (χ1v) is 6.77. The van der Waals surface area contributed by atoms with Crippen molar-refractivity contribution in [2.24, 2.45) is 5.41 Å². The topological polar surface area (TPSA) is 53.2 Å². The highest BCUT2D eigenvalue weighted by Crippen LogP contribution is 2.22. The fourth-order valence-electron chi connectivity index (χ4n) is 1.78. The maximum atomic E-state index is 9.49. The van der Waals surface area contributed by atoms with E-state index in [0.29, 0.717) is 6.61 Å². The third-order valence-electron chi connectivity index (χ3n) is 3.11. The quantitative estimate of drug-likeness (QED) is 0.759. The molecule has 0 aliphatic heterocycles. The van der Waals surface area contributed by atoms with Crippen molar-refractivity contribution in [3.05, 3.63) is 29.8 Å². The molecule has 0 spiro atoms. The molecule has 0 fully saturated rings. The summed E-state index contributed by atoms with van der Waals surface area (Å²) in [6, 6.07) is 9.83. The fourth-order valence-corrected chi connectivity index (χ4v) is 1.78. The monoisotopic (exact) mass is 261 g/mol. The van der Waals surface area contributed by atoms with Gasteiger partial charge in [-0.05, 0) is 57.7 Å². The summed E-state index contributed by atoms with van der Waals surface area (Å²) in [4.78, 5) is 0. The third kappa shape index (κ3) is 5.76. The van der Waals surface area contributed by atoms with Crippen LogP contribution in [-0.4, -0.2) is 11.7 Å². The van der Waals surface area contributed by atoms with Gasteiger partial charge in [0, 0.05) is 0 Å². The maximum Gasteiger partial charge on any atom is 0.119 e. The van der Waals surface area contributed by atoms with Gasteiger partial charge in [-0.15, -0.1) is 0 Å². The second-order valence-corrected chi connectivity index (χ2v) is 5.55. The third-order valence-corrected chi connectivity index (χ3v) is 3.11. The summed E-state index contributed by atoms with van der Waals surface area (Å²) in [5, 5.41) is 18.4. The number of hydrogen-bond donors (Lipinski definition) is 1. The minimum atomic E-state index is -0.472. The molecule has 1 aromatic rings. The number of aliphatic hydroxyl groups excluding tert-OH is 1. The van der Waals surface area contributed by atoms with E-state index in [4.69, 9.17) is 10.00 Å². The Labute approximate surface area is 115 Å². The second-order valence-electron chi connectivity index (χ2n) is 5.55. The van der Waals surface area contributed by atoms with Crippen molar-refractivity contribution in [3.8, 4) is 11.8 Å². The van der Waals surface area contributed by atoms with E-state index in [1.54, 1.807) is 6.92 Å². The van der Waals surface area contributed by atoms with Crippen LogP contribution in [0.15, 0.2) is 24.3 Å². The largest absolute Gasteiger partial charge is 0.494 e. The molecule has 0 radical (unpaired) electrons. The number of hydrogen-bond acceptors (Lipinski definition) is 3. The molecule has 19 heavy (non-hydrogen) atoms. The molecule has 1 rings (SSSR count). The SMILES string of the molecule is CC(O)c1cccc(OCCCCC(C)(C)C#N)c1. The summed E-state index contributed by atoms with van der Waals surface area (Å²) < 4.78 is 5.65. The lowest BCUT2D eigenvalue weighted by molar-refractivity contribution is 0.198. The lowest BCUT2D eigenvalue weighted by Crippen LogP contribution is -2.08. The van der Waals surface area contributed by atoms with Crippen LogP contribution in [0.1, 0.15) is 51.7 Å². The normalized spacial score (nSPS) is 12.8. The maximum absolute atomic E-state index is 9.49. The molecule has 0 bridgehead atoms. The number of nitrogens with zero attached hydrogens (tertiary/aromatic N) is 1. The van der Waals surface area contributed by atoms with Crippen molar-refractivity contribution in [2.45, 2.75) is 46.1 Å². The number of unbranched alkanes of at least 4 members (excludes halogenated alkanes) is 1. The summed E-state index contributed by atoms with van der Waals surface area (Å²) >= 11 is 0. The first kappa shape index (κ1) is 15.5. The standard InChI is InChI=1S/C16H23NO2/c1-13(18)14-7-6-8-15(11-14)19-10-5-4-9-16(2,3)12-17/h6-8,11,13,18H,4-5,9-10H2,1-3H3. The molecule has 1 atom stereocenters. The van der Waals surface area contributed by atoms with Gasteiger partial charge in [0.15, 0.2) is 0 Å². The minimum absolute atomic E-state index is 0.244. The van der Waals surface area contributed by atoms with Gasteiger partial charge in [0.1, 0.15) is 5.75 Å². The van der Waals surface area contributed by atoms with Gasteiger partial charge >= 0.3 is 0 Å². The molecule has 0 amide bonds. The zero-order valence-corrected chi connectivity index (χ0v) is 12.0. The van der Waals surface area contributed by atoms with Crippen molar-refractivity contribution >= 4 is 0 Å². The molecule has 3 heteroatoms. The molecule has 0 saturated heterocycles. The van der Waals surface area contributed by atoms with Gasteiger partial charge in [0.2, 0.25) is 0 Å². The second kappa shape index (κ2) is 7.16. The molecule has 0 heterocycles. The summed E-state index contributed by atoms with van der Waals surface area (Å²) in [7, 11) is 0. The van der Waals surface area contributed by atoms with Crippen molar-refractivity contribution in [2.75, 3.05) is 6.61 Å². The Hall–Kier alpha value is -1.53. The van der Waals surface area contributed by atoms with Crippen LogP contribution in [0, 0.1) is 16.7 Å². The van der Waals surface area contributed by atoms with Crippen LogP contribution in [-0.2, 0) is 0 Å². The zero-order chi connectivity index (χ0) is 14.3. The van der Waals surface area contributed by atoms with Gasteiger partial charge in [-0.3, -0.25) is 0 Å². The first-order chi connectivity index (χ1) is 8.94. The molecule has 3 nitrogen and oxygen atoms in total. The van der Waals surface area contributed by atoms with Crippen molar-refractivity contribution in [3.63, 3.8) is 0 Å². The van der Waals surface area contributed by atoms with E-state index in [0.717, 1.165) is 30.6 Å². The fraction of sp³-hybridized carbons (Fsp3) is 0.562. The molecule has 0 saturated carbocycles. The van der Waals surface area contributed by atoms with Crippen LogP contribution in [0.5, 0.6) is 5.75 Å². The number of ether oxygens (including phenoxy) is 1. The molecular formula is C16H23NO2. The average Bonchev–Trinajstić information content (AvgIpc) is 2.38. The zero-order valence-electron chi connectivity index (χ0n) is 12.0. The Morgan fingerprint density at radius 3 is 2.74 bits per heavy atom. The first-order valence-electron chi connectivity index (χ1n) is 6.77. The van der Waals surface area contributed by atoms with E-state index < -0.39 is 6.10 Å². The highest BCUT2D eigenvalue weighted by molar-refractivity contribution is 5.29. The van der Waals surface area contributed by atoms with E-state index in [1.165, 1.54) is 0 Å². The molecule has 1 aromatic carbocycles. The van der Waals surface area contributed by atoms with E-state index in [-0.39, 0.29) is 5.41 Å². The smallest absolute Gasteiger partial charge is 0.119 e. The predicted octanol–water partition coefficient (Wildman–Crippen LogP) is 3.84. The van der Waals surface area contributed by atoms with Gasteiger partial charge in [0.05, 0.1) is 24.2 Å². The van der Waals surface area contributed by atoms with Gasteiger partial charge in [0.25, 0.3) is 0 Å². The number of rotatable bonds is 7. The van der Waals surface area contributed by atoms with Gasteiger partial charge in [-0.2, -0.15) is 5.26 Å². The summed E-state index contributed by atoms with van der Waals surface area (Å²) in [6.45, 7) is 6.30. The van der Waals surface area contributed by atoms with Crippen LogP contribution in [0.3, 0.4) is 0 Å². The minimum Gasteiger partial charge on any atom is -0.494 e. The molecule has 0 aliphatic rings. The molecule has 0 aromatic heterocycles. The van der Waals surface area contributed by atoms with E-state index >= 15 is 0 Å². The Kier molecular flexibility index (Phi) is 5.85. The Balaban J connectivity index is 2.30. The van der Waals surface area contributed by atoms with Crippen LogP contribution in [0.2, 0.25) is 0 Å². The molecular weight excluding hydrogens is 238 g/mol. The van der Waals surface area contributed by atoms with E-state index in [9.17, 15) is 5.11 Å². The van der Waals surface area contributed by atoms with Crippen molar-refractivity contribution in [1.82, 2.24) is 0 Å². The van der Waals surface area contributed by atoms with Crippen LogP contribution in [0.4, 0.5) is 0 Å². The number of aliphatic hydroxyl groups is 1. The predicted molar refractivity (Wildman–Crippen MR) is 75.8 cm³/mol.